The number of ether oxygens (including phenoxy) is 2. The van der Waals surface area contributed by atoms with E-state index in [-0.39, 0.29) is 0 Å². The molecular weight excluding hydrogens is 204 g/mol. The Bertz CT molecular complexity index is 296. The first kappa shape index (κ1) is 11.5. The zero-order chi connectivity index (χ0) is 11.5. The molecule has 90 valence electrons. The van der Waals surface area contributed by atoms with Gasteiger partial charge in [-0.1, -0.05) is 11.6 Å². The van der Waals surface area contributed by atoms with Crippen LogP contribution in [0, 0.1) is 17.8 Å². The maximum Gasteiger partial charge on any atom is 0.508 e. The number of carbonyl (C=O) groups excluding carboxylic acids is 1. The molecule has 2 aliphatic rings. The minimum atomic E-state index is -0.517. The van der Waals surface area contributed by atoms with E-state index in [4.69, 9.17) is 9.47 Å². The fourth-order valence-electron chi connectivity index (χ4n) is 3.13. The second-order valence-corrected chi connectivity index (χ2v) is 4.75. The van der Waals surface area contributed by atoms with Crippen LogP contribution in [0.5, 0.6) is 0 Å². The molecule has 3 nitrogen and oxygen atoms in total. The average molecular weight is 224 g/mol. The fraction of sp³-hybridized carbons (Fsp3) is 0.769. The van der Waals surface area contributed by atoms with E-state index in [2.05, 4.69) is 13.0 Å². The second kappa shape index (κ2) is 4.89. The van der Waals surface area contributed by atoms with Crippen LogP contribution in [0.4, 0.5) is 4.79 Å². The van der Waals surface area contributed by atoms with Crippen molar-refractivity contribution in [3.05, 3.63) is 11.6 Å². The third-order valence-corrected chi connectivity index (χ3v) is 3.91. The van der Waals surface area contributed by atoms with Crippen molar-refractivity contribution in [2.45, 2.75) is 33.1 Å². The maximum absolute atomic E-state index is 11.1. The third-order valence-electron chi connectivity index (χ3n) is 3.91. The van der Waals surface area contributed by atoms with Gasteiger partial charge < -0.3 is 9.47 Å². The van der Waals surface area contributed by atoms with E-state index >= 15 is 0 Å². The number of hydrogen-bond acceptors (Lipinski definition) is 3. The van der Waals surface area contributed by atoms with E-state index in [1.807, 2.05) is 0 Å². The highest BCUT2D eigenvalue weighted by Gasteiger charge is 2.42. The van der Waals surface area contributed by atoms with Gasteiger partial charge in [-0.25, -0.2) is 4.79 Å². The zero-order valence-corrected chi connectivity index (χ0v) is 10.1. The van der Waals surface area contributed by atoms with Crippen LogP contribution in [0.15, 0.2) is 11.6 Å². The molecule has 3 atom stereocenters. The fourth-order valence-corrected chi connectivity index (χ4v) is 3.13. The zero-order valence-electron chi connectivity index (χ0n) is 10.1. The second-order valence-electron chi connectivity index (χ2n) is 4.75. The van der Waals surface area contributed by atoms with Gasteiger partial charge in [-0.2, -0.15) is 0 Å². The molecule has 3 heteroatoms. The first-order chi connectivity index (χ1) is 7.74. The molecule has 0 aromatic rings. The van der Waals surface area contributed by atoms with Crippen LogP contribution >= 0.6 is 0 Å². The van der Waals surface area contributed by atoms with Gasteiger partial charge in [-0.15, -0.1) is 0 Å². The lowest BCUT2D eigenvalue weighted by molar-refractivity contribution is 0.0418. The van der Waals surface area contributed by atoms with Crippen molar-refractivity contribution in [1.29, 1.82) is 0 Å². The first-order valence-electron chi connectivity index (χ1n) is 6.19. The molecule has 2 bridgehead atoms. The van der Waals surface area contributed by atoms with E-state index in [0.717, 1.165) is 11.8 Å². The summed E-state index contributed by atoms with van der Waals surface area (Å²) in [4.78, 5) is 11.1. The van der Waals surface area contributed by atoms with Crippen LogP contribution in [-0.4, -0.2) is 19.4 Å². The van der Waals surface area contributed by atoms with E-state index in [9.17, 15) is 4.79 Å². The van der Waals surface area contributed by atoms with Crippen molar-refractivity contribution in [3.8, 4) is 0 Å². The topological polar surface area (TPSA) is 35.5 Å². The predicted octanol–water partition coefficient (Wildman–Crippen LogP) is 3.15. The number of carbonyl (C=O) groups is 1. The van der Waals surface area contributed by atoms with Crippen LogP contribution in [0.2, 0.25) is 0 Å². The first-order valence-corrected chi connectivity index (χ1v) is 6.19. The van der Waals surface area contributed by atoms with Crippen LogP contribution in [0.1, 0.15) is 33.1 Å². The van der Waals surface area contributed by atoms with Crippen molar-refractivity contribution in [3.63, 3.8) is 0 Å². The van der Waals surface area contributed by atoms with Crippen molar-refractivity contribution >= 4 is 6.16 Å². The van der Waals surface area contributed by atoms with Crippen molar-refractivity contribution < 1.29 is 14.3 Å². The van der Waals surface area contributed by atoms with Crippen LogP contribution in [0.25, 0.3) is 0 Å². The van der Waals surface area contributed by atoms with Crippen molar-refractivity contribution in [2.24, 2.45) is 17.8 Å². The Labute approximate surface area is 96.8 Å². The molecule has 16 heavy (non-hydrogen) atoms. The Kier molecular flexibility index (Phi) is 3.52. The average Bonchev–Trinajstić information content (AvgIpc) is 2.85. The van der Waals surface area contributed by atoms with E-state index < -0.39 is 6.16 Å². The SMILES string of the molecule is CC=C1C[C@@H]2C[C@H]1CC2COC(=O)OCC. The molecular formula is C13H20O3. The Morgan fingerprint density at radius 3 is 2.81 bits per heavy atom. The highest BCUT2D eigenvalue weighted by molar-refractivity contribution is 5.59. The number of fused-ring (bicyclic) bond motifs is 2. The largest absolute Gasteiger partial charge is 0.508 e. The predicted molar refractivity (Wildman–Crippen MR) is 61.1 cm³/mol. The molecule has 0 spiro atoms. The molecule has 2 saturated carbocycles. The summed E-state index contributed by atoms with van der Waals surface area (Å²) in [6.07, 6.45) is 5.42. The van der Waals surface area contributed by atoms with E-state index in [0.29, 0.717) is 19.1 Å². The molecule has 0 N–H and O–H groups in total. The maximum atomic E-state index is 11.1. The van der Waals surface area contributed by atoms with Gasteiger partial charge in [0.25, 0.3) is 0 Å². The lowest BCUT2D eigenvalue weighted by Gasteiger charge is -2.22. The summed E-state index contributed by atoms with van der Waals surface area (Å²) in [6, 6.07) is 0. The molecule has 2 rings (SSSR count). The van der Waals surface area contributed by atoms with Gasteiger partial charge in [0.2, 0.25) is 0 Å². The summed E-state index contributed by atoms with van der Waals surface area (Å²) in [6.45, 7) is 4.84. The lowest BCUT2D eigenvalue weighted by Crippen LogP contribution is -2.20. The van der Waals surface area contributed by atoms with Crippen LogP contribution < -0.4 is 0 Å². The van der Waals surface area contributed by atoms with Crippen molar-refractivity contribution in [2.75, 3.05) is 13.2 Å². The summed E-state index contributed by atoms with van der Waals surface area (Å²) < 4.78 is 9.86. The van der Waals surface area contributed by atoms with Gasteiger partial charge in [-0.05, 0) is 50.9 Å². The minimum Gasteiger partial charge on any atom is -0.435 e. The van der Waals surface area contributed by atoms with Gasteiger partial charge >= 0.3 is 6.16 Å². The van der Waals surface area contributed by atoms with Gasteiger partial charge in [-0.3, -0.25) is 0 Å². The summed E-state index contributed by atoms with van der Waals surface area (Å²) in [5.41, 5.74) is 1.61. The van der Waals surface area contributed by atoms with E-state index in [1.165, 1.54) is 19.3 Å². The number of rotatable bonds is 3. The summed E-state index contributed by atoms with van der Waals surface area (Å²) in [5.74, 6) is 2.04. The van der Waals surface area contributed by atoms with Crippen molar-refractivity contribution in [1.82, 2.24) is 0 Å². The molecule has 0 saturated heterocycles. The number of hydrogen-bond donors (Lipinski definition) is 0. The molecule has 0 aliphatic heterocycles. The minimum absolute atomic E-state index is 0.387. The third kappa shape index (κ3) is 2.23. The van der Waals surface area contributed by atoms with Gasteiger partial charge in [0.1, 0.15) is 0 Å². The molecule has 2 aliphatic carbocycles. The highest BCUT2D eigenvalue weighted by Crippen LogP contribution is 2.51. The standard InChI is InChI=1S/C13H20O3/c1-3-9-5-11-6-10(9)7-12(11)8-16-13(14)15-4-2/h3,10-12H,4-8H2,1-2H3/t10-,11+,12?/m0/s1. The Hall–Kier alpha value is -0.990. The monoisotopic (exact) mass is 224 g/mol. The Balaban J connectivity index is 1.76. The van der Waals surface area contributed by atoms with Gasteiger partial charge in [0.05, 0.1) is 13.2 Å². The normalized spacial score (nSPS) is 34.4. The Morgan fingerprint density at radius 1 is 1.44 bits per heavy atom. The smallest absolute Gasteiger partial charge is 0.435 e. The van der Waals surface area contributed by atoms with Gasteiger partial charge in [0, 0.05) is 0 Å². The van der Waals surface area contributed by atoms with E-state index in [1.54, 1.807) is 12.5 Å². The summed E-state index contributed by atoms with van der Waals surface area (Å²) >= 11 is 0. The lowest BCUT2D eigenvalue weighted by atomic mass is 9.86. The molecule has 1 unspecified atom stereocenters. The van der Waals surface area contributed by atoms with Gasteiger partial charge in [0.15, 0.2) is 0 Å². The molecule has 0 aromatic heterocycles. The Morgan fingerprint density at radius 2 is 2.25 bits per heavy atom. The molecule has 2 fully saturated rings. The summed E-state index contributed by atoms with van der Waals surface area (Å²) in [5, 5.41) is 0. The quantitative estimate of drug-likeness (QED) is 0.545. The molecule has 0 amide bonds. The molecule has 0 radical (unpaired) electrons. The summed E-state index contributed by atoms with van der Waals surface area (Å²) in [7, 11) is 0. The number of allylic oxidation sites excluding steroid dienone is 2. The van der Waals surface area contributed by atoms with Crippen LogP contribution in [0.3, 0.4) is 0 Å². The molecule has 0 aromatic carbocycles. The highest BCUT2D eigenvalue weighted by atomic mass is 16.7. The molecule has 0 heterocycles. The van der Waals surface area contributed by atoms with Crippen LogP contribution in [-0.2, 0) is 9.47 Å².